The molecule has 9 heteroatoms. The first kappa shape index (κ1) is 49.2. The van der Waals surface area contributed by atoms with Crippen molar-refractivity contribution in [1.82, 2.24) is 0 Å². The first-order valence-electron chi connectivity index (χ1n) is 19.9. The van der Waals surface area contributed by atoms with Gasteiger partial charge in [-0.15, -0.1) is 0 Å². The summed E-state index contributed by atoms with van der Waals surface area (Å²) >= 11 is 0. The van der Waals surface area contributed by atoms with Crippen LogP contribution in [0.25, 0.3) is 0 Å². The number of hydrogen-bond acceptors (Lipinski definition) is 6. The van der Waals surface area contributed by atoms with Crippen LogP contribution in [0.2, 0.25) is 0 Å². The molecule has 0 aliphatic carbocycles. The van der Waals surface area contributed by atoms with E-state index in [1.54, 1.807) is 0 Å². The van der Waals surface area contributed by atoms with Crippen LogP contribution >= 0.6 is 7.82 Å². The van der Waals surface area contributed by atoms with Crippen LogP contribution < -0.4 is 0 Å². The summed E-state index contributed by atoms with van der Waals surface area (Å²) in [6.07, 6.45) is 50.2. The zero-order valence-electron chi connectivity index (χ0n) is 32.4. The van der Waals surface area contributed by atoms with Gasteiger partial charge in [-0.3, -0.25) is 14.1 Å². The van der Waals surface area contributed by atoms with Gasteiger partial charge in [-0.05, 0) is 89.9 Å². The van der Waals surface area contributed by atoms with Crippen molar-refractivity contribution < 1.29 is 37.9 Å². The summed E-state index contributed by atoms with van der Waals surface area (Å²) in [5, 5.41) is 0. The van der Waals surface area contributed by atoms with Crippen LogP contribution in [0, 0.1) is 0 Å². The lowest BCUT2D eigenvalue weighted by molar-refractivity contribution is -0.161. The molecule has 0 bridgehead atoms. The van der Waals surface area contributed by atoms with Crippen LogP contribution in [-0.4, -0.2) is 41.0 Å². The maximum Gasteiger partial charge on any atom is 0.469 e. The Morgan fingerprint density at radius 1 is 0.500 bits per heavy atom. The number of hydrogen-bond donors (Lipinski definition) is 2. The third-order valence-electron chi connectivity index (χ3n) is 7.89. The highest BCUT2D eigenvalue weighted by Gasteiger charge is 2.22. The first-order chi connectivity index (χ1) is 25.3. The van der Waals surface area contributed by atoms with Crippen molar-refractivity contribution in [1.29, 1.82) is 0 Å². The summed E-state index contributed by atoms with van der Waals surface area (Å²) < 4.78 is 26.3. The predicted molar refractivity (Wildman–Crippen MR) is 216 cm³/mol. The molecule has 0 aliphatic rings. The Bertz CT molecular complexity index is 1110. The molecular weight excluding hydrogens is 675 g/mol. The Morgan fingerprint density at radius 2 is 0.885 bits per heavy atom. The van der Waals surface area contributed by atoms with Gasteiger partial charge in [-0.2, -0.15) is 0 Å². The van der Waals surface area contributed by atoms with Crippen LogP contribution in [0.1, 0.15) is 155 Å². The molecule has 0 heterocycles. The molecule has 296 valence electrons. The minimum absolute atomic E-state index is 0.170. The molecule has 0 amide bonds. The van der Waals surface area contributed by atoms with Gasteiger partial charge < -0.3 is 19.3 Å². The van der Waals surface area contributed by atoms with E-state index in [4.69, 9.17) is 19.3 Å². The fraction of sp³-hybridized carbons (Fsp3) is 0.628. The van der Waals surface area contributed by atoms with Crippen LogP contribution in [0.4, 0.5) is 0 Å². The molecule has 0 saturated carbocycles. The third-order valence-corrected chi connectivity index (χ3v) is 8.37. The standard InChI is InChI=1S/C43H71O8P/c1-3-5-7-9-11-13-15-17-19-21-23-25-27-29-31-33-35-37-42(44)49-39-41(40-50-52(46,47)48)51-43(45)38-36-34-32-30-28-26-24-22-20-18-16-14-12-10-8-6-4-2/h11-14,17-20,23-26,29,31,41H,3-10,15-16,21-22,27-28,30,32-40H2,1-2H3,(H2,46,47,48)/b13-11+,14-12+,19-17+,20-18+,25-23+,26-24+,31-29+/t41-/m1/s1. The number of phosphoric ester groups is 1. The molecule has 2 N–H and O–H groups in total. The van der Waals surface area contributed by atoms with Crippen molar-refractivity contribution >= 4 is 19.8 Å². The number of phosphoric acid groups is 1. The summed E-state index contributed by atoms with van der Waals surface area (Å²) in [6, 6.07) is 0. The van der Waals surface area contributed by atoms with Crippen LogP contribution in [0.5, 0.6) is 0 Å². The lowest BCUT2D eigenvalue weighted by Crippen LogP contribution is -2.29. The number of allylic oxidation sites excluding steroid dienone is 14. The van der Waals surface area contributed by atoms with E-state index in [2.05, 4.69) is 97.4 Å². The Labute approximate surface area is 316 Å². The van der Waals surface area contributed by atoms with E-state index in [-0.39, 0.29) is 19.4 Å². The molecule has 8 nitrogen and oxygen atoms in total. The molecule has 0 spiro atoms. The molecule has 0 aromatic rings. The van der Waals surface area contributed by atoms with Gasteiger partial charge >= 0.3 is 19.8 Å². The van der Waals surface area contributed by atoms with Crippen molar-refractivity contribution in [3.63, 3.8) is 0 Å². The number of esters is 2. The average molecular weight is 747 g/mol. The number of carbonyl (C=O) groups excluding carboxylic acids is 2. The molecule has 0 rings (SSSR count). The van der Waals surface area contributed by atoms with E-state index in [0.717, 1.165) is 64.2 Å². The zero-order valence-corrected chi connectivity index (χ0v) is 33.3. The molecule has 0 aromatic carbocycles. The molecule has 0 saturated heterocycles. The van der Waals surface area contributed by atoms with Crippen LogP contribution in [0.3, 0.4) is 0 Å². The number of ether oxygens (including phenoxy) is 2. The minimum atomic E-state index is -4.78. The van der Waals surface area contributed by atoms with Crippen molar-refractivity contribution in [2.45, 2.75) is 161 Å². The van der Waals surface area contributed by atoms with Gasteiger partial charge in [-0.25, -0.2) is 4.57 Å². The molecule has 52 heavy (non-hydrogen) atoms. The normalized spacial score (nSPS) is 13.4. The molecule has 0 fully saturated rings. The first-order valence-corrected chi connectivity index (χ1v) is 21.4. The smallest absolute Gasteiger partial charge is 0.462 e. The third kappa shape index (κ3) is 40.0. The van der Waals surface area contributed by atoms with Gasteiger partial charge in [-0.1, -0.05) is 137 Å². The number of rotatable bonds is 35. The van der Waals surface area contributed by atoms with Gasteiger partial charge in [0.15, 0.2) is 6.10 Å². The van der Waals surface area contributed by atoms with E-state index in [1.807, 2.05) is 6.08 Å². The summed E-state index contributed by atoms with van der Waals surface area (Å²) in [5.41, 5.74) is 0. The molecule has 0 unspecified atom stereocenters. The highest BCUT2D eigenvalue weighted by Crippen LogP contribution is 2.36. The topological polar surface area (TPSA) is 119 Å². The second kappa shape index (κ2) is 38.0. The van der Waals surface area contributed by atoms with Gasteiger partial charge in [0.1, 0.15) is 6.61 Å². The van der Waals surface area contributed by atoms with E-state index >= 15 is 0 Å². The predicted octanol–water partition coefficient (Wildman–Crippen LogP) is 12.1. The van der Waals surface area contributed by atoms with Crippen molar-refractivity contribution in [3.05, 3.63) is 85.1 Å². The Balaban J connectivity index is 4.12. The maximum atomic E-state index is 12.4. The molecular formula is C43H71O8P. The van der Waals surface area contributed by atoms with Crippen molar-refractivity contribution in [2.24, 2.45) is 0 Å². The minimum Gasteiger partial charge on any atom is -0.462 e. The fourth-order valence-corrected chi connectivity index (χ4v) is 5.26. The molecule has 0 aromatic heterocycles. The summed E-state index contributed by atoms with van der Waals surface area (Å²) in [6.45, 7) is 3.54. The lowest BCUT2D eigenvalue weighted by atomic mass is 10.1. The SMILES string of the molecule is CCCCC/C=C/C/C=C/C/C=C/C/C=C/CCCC(=O)OC[C@H](COP(=O)(O)O)OC(=O)CCCCCC/C=C/C/C=C/C/C=C/CCCCC. The van der Waals surface area contributed by atoms with E-state index in [9.17, 15) is 14.2 Å². The second-order valence-corrected chi connectivity index (χ2v) is 14.1. The van der Waals surface area contributed by atoms with Crippen LogP contribution in [-0.2, 0) is 28.2 Å². The zero-order chi connectivity index (χ0) is 38.2. The van der Waals surface area contributed by atoms with Crippen molar-refractivity contribution in [2.75, 3.05) is 13.2 Å². The fourth-order valence-electron chi connectivity index (χ4n) is 4.90. The Hall–Kier alpha value is -2.77. The number of unbranched alkanes of at least 4 members (excludes halogenated alkanes) is 11. The van der Waals surface area contributed by atoms with Gasteiger partial charge in [0.2, 0.25) is 0 Å². The molecule has 0 aliphatic heterocycles. The largest absolute Gasteiger partial charge is 0.469 e. The highest BCUT2D eigenvalue weighted by molar-refractivity contribution is 7.46. The van der Waals surface area contributed by atoms with E-state index < -0.39 is 32.5 Å². The maximum absolute atomic E-state index is 12.4. The van der Waals surface area contributed by atoms with Gasteiger partial charge in [0.25, 0.3) is 0 Å². The van der Waals surface area contributed by atoms with Crippen LogP contribution in [0.15, 0.2) is 85.1 Å². The highest BCUT2D eigenvalue weighted by atomic mass is 31.2. The second-order valence-electron chi connectivity index (χ2n) is 12.9. The Morgan fingerprint density at radius 3 is 1.33 bits per heavy atom. The van der Waals surface area contributed by atoms with Gasteiger partial charge in [0.05, 0.1) is 6.61 Å². The van der Waals surface area contributed by atoms with E-state index in [0.29, 0.717) is 12.8 Å². The molecule has 0 radical (unpaired) electrons. The quantitative estimate of drug-likeness (QED) is 0.0285. The van der Waals surface area contributed by atoms with Crippen molar-refractivity contribution in [3.8, 4) is 0 Å². The lowest BCUT2D eigenvalue weighted by Gasteiger charge is -2.18. The summed E-state index contributed by atoms with van der Waals surface area (Å²) in [4.78, 5) is 42.8. The van der Waals surface area contributed by atoms with E-state index in [1.165, 1.54) is 51.4 Å². The monoisotopic (exact) mass is 746 g/mol. The van der Waals surface area contributed by atoms with Gasteiger partial charge in [0, 0.05) is 12.8 Å². The Kier molecular flexibility index (Phi) is 35.9. The molecule has 1 atom stereocenters. The average Bonchev–Trinajstić information content (AvgIpc) is 3.11. The summed E-state index contributed by atoms with van der Waals surface area (Å²) in [5.74, 6) is -0.984. The number of carbonyl (C=O) groups is 2. The summed E-state index contributed by atoms with van der Waals surface area (Å²) in [7, 11) is -4.78.